The highest BCUT2D eigenvalue weighted by Gasteiger charge is 2.18. The van der Waals surface area contributed by atoms with Crippen molar-refractivity contribution in [2.75, 3.05) is 0 Å². The van der Waals surface area contributed by atoms with Crippen molar-refractivity contribution in [3.8, 4) is 0 Å². The lowest BCUT2D eigenvalue weighted by molar-refractivity contribution is 0.134. The van der Waals surface area contributed by atoms with Gasteiger partial charge in [0.05, 0.1) is 18.6 Å². The van der Waals surface area contributed by atoms with Crippen molar-refractivity contribution in [2.45, 2.75) is 18.6 Å². The van der Waals surface area contributed by atoms with E-state index in [-0.39, 0.29) is 5.38 Å². The first-order valence-electron chi connectivity index (χ1n) is 5.43. The Hall–Kier alpha value is -0.0600. The third kappa shape index (κ3) is 2.35. The van der Waals surface area contributed by atoms with E-state index in [4.69, 9.17) is 27.9 Å². The first-order valence-corrected chi connectivity index (χ1v) is 7.86. The third-order valence-electron chi connectivity index (χ3n) is 2.95. The van der Waals surface area contributed by atoms with E-state index in [0.29, 0.717) is 13.2 Å². The molecule has 1 nitrogen and oxygen atoms in total. The molecule has 0 spiro atoms. The van der Waals surface area contributed by atoms with Crippen molar-refractivity contribution in [1.29, 1.82) is 0 Å². The predicted octanol–water partition coefficient (Wildman–Crippen LogP) is 5.52. The molecule has 0 radical (unpaired) electrons. The molecule has 94 valence electrons. The Bertz CT molecular complexity index is 577. The normalized spacial score (nSPS) is 15.7. The van der Waals surface area contributed by atoms with Crippen LogP contribution in [-0.2, 0) is 18.0 Å². The average Bonchev–Trinajstić information content (AvgIpc) is 2.95. The van der Waals surface area contributed by atoms with Crippen LogP contribution in [-0.4, -0.2) is 0 Å². The van der Waals surface area contributed by atoms with Crippen LogP contribution in [0.5, 0.6) is 0 Å². The van der Waals surface area contributed by atoms with Gasteiger partial charge in [0.1, 0.15) is 4.34 Å². The Balaban J connectivity index is 1.94. The van der Waals surface area contributed by atoms with Gasteiger partial charge in [0, 0.05) is 9.35 Å². The van der Waals surface area contributed by atoms with Crippen molar-refractivity contribution in [3.05, 3.63) is 54.6 Å². The Labute approximate surface area is 128 Å². The average molecular weight is 364 g/mol. The van der Waals surface area contributed by atoms with Crippen LogP contribution in [0.4, 0.5) is 0 Å². The minimum Gasteiger partial charge on any atom is -0.372 e. The number of ether oxygens (including phenoxy) is 1. The van der Waals surface area contributed by atoms with Crippen LogP contribution < -0.4 is 0 Å². The Morgan fingerprint density at radius 2 is 2.00 bits per heavy atom. The summed E-state index contributed by atoms with van der Waals surface area (Å²) in [7, 11) is 0. The van der Waals surface area contributed by atoms with E-state index in [2.05, 4.69) is 34.1 Å². The third-order valence-corrected chi connectivity index (χ3v) is 6.11. The van der Waals surface area contributed by atoms with Crippen LogP contribution in [0.2, 0.25) is 4.34 Å². The molecule has 5 heteroatoms. The van der Waals surface area contributed by atoms with Crippen molar-refractivity contribution < 1.29 is 4.74 Å². The minimum atomic E-state index is -0.162. The lowest BCUT2D eigenvalue weighted by Gasteiger charge is -2.09. The molecule has 1 unspecified atom stereocenters. The number of halogens is 3. The molecule has 0 aliphatic carbocycles. The summed E-state index contributed by atoms with van der Waals surface area (Å²) in [6.07, 6.45) is 0. The summed E-state index contributed by atoms with van der Waals surface area (Å²) in [5.41, 5.74) is 3.58. The molecule has 1 atom stereocenters. The smallest absolute Gasteiger partial charge is 0.107 e. The van der Waals surface area contributed by atoms with Gasteiger partial charge in [-0.1, -0.05) is 29.8 Å². The Kier molecular flexibility index (Phi) is 3.70. The Morgan fingerprint density at radius 3 is 2.72 bits per heavy atom. The highest BCUT2D eigenvalue weighted by molar-refractivity contribution is 9.10. The van der Waals surface area contributed by atoms with Crippen molar-refractivity contribution in [2.24, 2.45) is 0 Å². The fourth-order valence-corrected chi connectivity index (χ4v) is 4.08. The lowest BCUT2D eigenvalue weighted by Crippen LogP contribution is -1.92. The van der Waals surface area contributed by atoms with E-state index in [9.17, 15) is 0 Å². The quantitative estimate of drug-likeness (QED) is 0.638. The van der Waals surface area contributed by atoms with E-state index >= 15 is 0 Å². The molecule has 1 aliphatic rings. The fraction of sp³-hybridized carbons (Fsp3) is 0.231. The first kappa shape index (κ1) is 12.9. The first-order chi connectivity index (χ1) is 8.65. The van der Waals surface area contributed by atoms with Gasteiger partial charge in [-0.15, -0.1) is 22.9 Å². The van der Waals surface area contributed by atoms with E-state index in [1.54, 1.807) is 0 Å². The summed E-state index contributed by atoms with van der Waals surface area (Å²) < 4.78 is 7.05. The van der Waals surface area contributed by atoms with E-state index in [1.165, 1.54) is 22.5 Å². The van der Waals surface area contributed by atoms with Crippen LogP contribution in [0.1, 0.15) is 26.9 Å². The summed E-state index contributed by atoms with van der Waals surface area (Å²) in [5.74, 6) is 0. The summed E-state index contributed by atoms with van der Waals surface area (Å²) in [6.45, 7) is 1.39. The van der Waals surface area contributed by atoms with Crippen molar-refractivity contribution in [1.82, 2.24) is 0 Å². The molecule has 2 aromatic rings. The molecule has 1 aromatic carbocycles. The van der Waals surface area contributed by atoms with Gasteiger partial charge >= 0.3 is 0 Å². The number of fused-ring (bicyclic) bond motifs is 1. The monoisotopic (exact) mass is 362 g/mol. The highest BCUT2D eigenvalue weighted by Crippen LogP contribution is 2.40. The number of rotatable bonds is 2. The van der Waals surface area contributed by atoms with E-state index < -0.39 is 0 Å². The van der Waals surface area contributed by atoms with Crippen LogP contribution in [0.25, 0.3) is 0 Å². The summed E-state index contributed by atoms with van der Waals surface area (Å²) in [4.78, 5) is 1.05. The maximum absolute atomic E-state index is 6.51. The topological polar surface area (TPSA) is 9.23 Å². The fourth-order valence-electron chi connectivity index (χ4n) is 2.00. The number of hydrogen-bond acceptors (Lipinski definition) is 2. The van der Waals surface area contributed by atoms with Gasteiger partial charge in [-0.3, -0.25) is 0 Å². The summed E-state index contributed by atoms with van der Waals surface area (Å²) >= 11 is 17.5. The van der Waals surface area contributed by atoms with Crippen LogP contribution in [0.3, 0.4) is 0 Å². The molecule has 0 fully saturated rings. The number of hydrogen-bond donors (Lipinski definition) is 0. The molecule has 1 aromatic heterocycles. The zero-order chi connectivity index (χ0) is 12.7. The van der Waals surface area contributed by atoms with Crippen LogP contribution in [0.15, 0.2) is 28.7 Å². The molecule has 0 saturated heterocycles. The maximum atomic E-state index is 6.51. The van der Waals surface area contributed by atoms with Crippen molar-refractivity contribution >= 4 is 50.5 Å². The molecule has 0 N–H and O–H groups in total. The second-order valence-electron chi connectivity index (χ2n) is 4.15. The zero-order valence-electron chi connectivity index (χ0n) is 9.25. The number of benzene rings is 1. The zero-order valence-corrected chi connectivity index (χ0v) is 13.2. The van der Waals surface area contributed by atoms with Gasteiger partial charge in [-0.05, 0) is 38.7 Å². The predicted molar refractivity (Wildman–Crippen MR) is 79.7 cm³/mol. The standard InChI is InChI=1S/C13H9BrCl2OS/c14-10-4-11(18-13(10)16)12(15)7-1-2-8-5-17-6-9(8)3-7/h1-4,12H,5-6H2. The summed E-state index contributed by atoms with van der Waals surface area (Å²) in [6, 6.07) is 8.26. The molecule has 0 bridgehead atoms. The van der Waals surface area contributed by atoms with Gasteiger partial charge < -0.3 is 4.74 Å². The van der Waals surface area contributed by atoms with Gasteiger partial charge in [0.2, 0.25) is 0 Å². The number of alkyl halides is 1. The van der Waals surface area contributed by atoms with Gasteiger partial charge in [0.25, 0.3) is 0 Å². The lowest BCUT2D eigenvalue weighted by atomic mass is 10.0. The Morgan fingerprint density at radius 1 is 1.22 bits per heavy atom. The van der Waals surface area contributed by atoms with Crippen molar-refractivity contribution in [3.63, 3.8) is 0 Å². The SMILES string of the molecule is Clc1sc(C(Cl)c2ccc3c(c2)COC3)cc1Br. The largest absolute Gasteiger partial charge is 0.372 e. The molecule has 3 rings (SSSR count). The van der Waals surface area contributed by atoms with Gasteiger partial charge in [0.15, 0.2) is 0 Å². The second kappa shape index (κ2) is 5.14. The highest BCUT2D eigenvalue weighted by atomic mass is 79.9. The minimum absolute atomic E-state index is 0.162. The molecule has 1 aliphatic heterocycles. The molecular formula is C13H9BrCl2OS. The van der Waals surface area contributed by atoms with Crippen LogP contribution in [0, 0.1) is 0 Å². The van der Waals surface area contributed by atoms with Gasteiger partial charge in [-0.2, -0.15) is 0 Å². The number of thiophene rings is 1. The molecule has 18 heavy (non-hydrogen) atoms. The molecular weight excluding hydrogens is 355 g/mol. The summed E-state index contributed by atoms with van der Waals surface area (Å²) in [5, 5.41) is -0.162. The maximum Gasteiger partial charge on any atom is 0.107 e. The second-order valence-corrected chi connectivity index (χ2v) is 7.13. The van der Waals surface area contributed by atoms with Crippen LogP contribution >= 0.6 is 50.5 Å². The van der Waals surface area contributed by atoms with E-state index in [1.807, 2.05) is 6.07 Å². The molecule has 0 amide bonds. The molecule has 2 heterocycles. The van der Waals surface area contributed by atoms with Gasteiger partial charge in [-0.25, -0.2) is 0 Å². The molecule has 0 saturated carbocycles. The van der Waals surface area contributed by atoms with E-state index in [0.717, 1.165) is 19.2 Å².